The molecule has 1 N–H and O–H groups in total. The maximum absolute atomic E-state index is 11.3. The van der Waals surface area contributed by atoms with Crippen molar-refractivity contribution in [2.75, 3.05) is 0 Å². The minimum absolute atomic E-state index is 0.225. The summed E-state index contributed by atoms with van der Waals surface area (Å²) in [5, 5.41) is 10.3. The Morgan fingerprint density at radius 3 is 2.56 bits per heavy atom. The SMILES string of the molecule is CC(C)(C)c1cc(C(=O)O)c2cccc(Cl)c2n1. The number of para-hydroxylation sites is 1. The lowest BCUT2D eigenvalue weighted by atomic mass is 9.90. The molecular weight excluding hydrogens is 250 g/mol. The summed E-state index contributed by atoms with van der Waals surface area (Å²) in [5.74, 6) is -0.963. The van der Waals surface area contributed by atoms with Crippen LogP contribution < -0.4 is 0 Å². The van der Waals surface area contributed by atoms with E-state index in [9.17, 15) is 9.90 Å². The lowest BCUT2D eigenvalue weighted by molar-refractivity contribution is 0.0699. The Bertz CT molecular complexity index is 629. The highest BCUT2D eigenvalue weighted by molar-refractivity contribution is 6.35. The van der Waals surface area contributed by atoms with Crippen molar-refractivity contribution in [3.05, 3.63) is 40.5 Å². The van der Waals surface area contributed by atoms with Gasteiger partial charge >= 0.3 is 5.97 Å². The Morgan fingerprint density at radius 1 is 1.33 bits per heavy atom. The van der Waals surface area contributed by atoms with E-state index < -0.39 is 5.97 Å². The molecule has 4 heteroatoms. The van der Waals surface area contributed by atoms with E-state index in [0.717, 1.165) is 5.69 Å². The van der Waals surface area contributed by atoms with Crippen molar-refractivity contribution in [2.24, 2.45) is 0 Å². The summed E-state index contributed by atoms with van der Waals surface area (Å²) < 4.78 is 0. The van der Waals surface area contributed by atoms with Crippen molar-refractivity contribution in [1.29, 1.82) is 0 Å². The molecule has 1 aromatic heterocycles. The molecule has 0 amide bonds. The maximum atomic E-state index is 11.3. The number of carbonyl (C=O) groups is 1. The fourth-order valence-corrected chi connectivity index (χ4v) is 1.99. The summed E-state index contributed by atoms with van der Waals surface area (Å²) in [7, 11) is 0. The van der Waals surface area contributed by atoms with Gasteiger partial charge < -0.3 is 5.11 Å². The van der Waals surface area contributed by atoms with E-state index in [4.69, 9.17) is 11.6 Å². The molecule has 94 valence electrons. The van der Waals surface area contributed by atoms with Gasteiger partial charge in [0.05, 0.1) is 16.1 Å². The molecule has 1 heterocycles. The van der Waals surface area contributed by atoms with Crippen LogP contribution in [0.2, 0.25) is 5.02 Å². The van der Waals surface area contributed by atoms with Gasteiger partial charge in [-0.15, -0.1) is 0 Å². The summed E-state index contributed by atoms with van der Waals surface area (Å²) in [4.78, 5) is 15.8. The van der Waals surface area contributed by atoms with Gasteiger partial charge in [-0.1, -0.05) is 44.5 Å². The highest BCUT2D eigenvalue weighted by Crippen LogP contribution is 2.29. The topological polar surface area (TPSA) is 50.2 Å². The van der Waals surface area contributed by atoms with Gasteiger partial charge in [0, 0.05) is 16.5 Å². The molecular formula is C14H14ClNO2. The number of aromatic carboxylic acids is 1. The molecule has 0 spiro atoms. The van der Waals surface area contributed by atoms with Gasteiger partial charge in [0.15, 0.2) is 0 Å². The van der Waals surface area contributed by atoms with Gasteiger partial charge in [0.2, 0.25) is 0 Å². The second-order valence-electron chi connectivity index (χ2n) is 5.25. The van der Waals surface area contributed by atoms with Gasteiger partial charge in [-0.2, -0.15) is 0 Å². The Labute approximate surface area is 110 Å². The minimum atomic E-state index is -0.963. The molecule has 0 saturated carbocycles. The number of aromatic nitrogens is 1. The first kappa shape index (κ1) is 12.8. The smallest absolute Gasteiger partial charge is 0.336 e. The monoisotopic (exact) mass is 263 g/mol. The highest BCUT2D eigenvalue weighted by atomic mass is 35.5. The number of nitrogens with zero attached hydrogens (tertiary/aromatic N) is 1. The number of rotatable bonds is 1. The van der Waals surface area contributed by atoms with Crippen LogP contribution in [0.1, 0.15) is 36.8 Å². The second-order valence-corrected chi connectivity index (χ2v) is 5.65. The number of carboxylic acids is 1. The van der Waals surface area contributed by atoms with Crippen LogP contribution in [0.15, 0.2) is 24.3 Å². The molecule has 0 unspecified atom stereocenters. The normalized spacial score (nSPS) is 11.8. The van der Waals surface area contributed by atoms with Crippen molar-refractivity contribution in [2.45, 2.75) is 26.2 Å². The molecule has 0 aliphatic rings. The average Bonchev–Trinajstić information content (AvgIpc) is 2.27. The third-order valence-corrected chi connectivity index (χ3v) is 3.09. The van der Waals surface area contributed by atoms with Crippen molar-refractivity contribution in [3.63, 3.8) is 0 Å². The first-order valence-corrected chi connectivity index (χ1v) is 6.01. The van der Waals surface area contributed by atoms with Gasteiger partial charge in [0.1, 0.15) is 0 Å². The fourth-order valence-electron chi connectivity index (χ4n) is 1.77. The molecule has 0 aliphatic heterocycles. The van der Waals surface area contributed by atoms with E-state index in [2.05, 4.69) is 4.98 Å². The lowest BCUT2D eigenvalue weighted by Gasteiger charge is -2.19. The molecule has 0 bridgehead atoms. The van der Waals surface area contributed by atoms with Crippen LogP contribution in [0, 0.1) is 0 Å². The van der Waals surface area contributed by atoms with E-state index >= 15 is 0 Å². The Kier molecular flexibility index (Phi) is 3.03. The van der Waals surface area contributed by atoms with E-state index in [1.54, 1.807) is 24.3 Å². The van der Waals surface area contributed by atoms with Crippen molar-refractivity contribution in [1.82, 2.24) is 4.98 Å². The third kappa shape index (κ3) is 2.18. The van der Waals surface area contributed by atoms with Crippen LogP contribution >= 0.6 is 11.6 Å². The van der Waals surface area contributed by atoms with E-state index in [-0.39, 0.29) is 11.0 Å². The second kappa shape index (κ2) is 4.25. The van der Waals surface area contributed by atoms with Gasteiger partial charge in [-0.3, -0.25) is 4.98 Å². The fraction of sp³-hybridized carbons (Fsp3) is 0.286. The first-order valence-electron chi connectivity index (χ1n) is 5.64. The molecule has 3 nitrogen and oxygen atoms in total. The zero-order valence-electron chi connectivity index (χ0n) is 10.5. The Balaban J connectivity index is 2.88. The number of hydrogen-bond acceptors (Lipinski definition) is 2. The number of fused-ring (bicyclic) bond motifs is 1. The largest absolute Gasteiger partial charge is 0.478 e. The van der Waals surface area contributed by atoms with E-state index in [1.165, 1.54) is 0 Å². The lowest BCUT2D eigenvalue weighted by Crippen LogP contribution is -2.15. The molecule has 0 saturated heterocycles. The van der Waals surface area contributed by atoms with Crippen LogP contribution in [-0.2, 0) is 5.41 Å². The van der Waals surface area contributed by atoms with E-state index in [0.29, 0.717) is 15.9 Å². The molecule has 0 aliphatic carbocycles. The molecule has 1 aromatic carbocycles. The van der Waals surface area contributed by atoms with Crippen LogP contribution in [0.25, 0.3) is 10.9 Å². The van der Waals surface area contributed by atoms with Gasteiger partial charge in [-0.05, 0) is 12.1 Å². The zero-order chi connectivity index (χ0) is 13.5. The van der Waals surface area contributed by atoms with Gasteiger partial charge in [-0.25, -0.2) is 4.79 Å². The molecule has 0 radical (unpaired) electrons. The number of benzene rings is 1. The number of pyridine rings is 1. The Morgan fingerprint density at radius 2 is 2.00 bits per heavy atom. The average molecular weight is 264 g/mol. The predicted octanol–water partition coefficient (Wildman–Crippen LogP) is 3.88. The zero-order valence-corrected chi connectivity index (χ0v) is 11.2. The van der Waals surface area contributed by atoms with Crippen molar-refractivity contribution in [3.8, 4) is 0 Å². The summed E-state index contributed by atoms with van der Waals surface area (Å²) in [6.07, 6.45) is 0. The summed E-state index contributed by atoms with van der Waals surface area (Å²) in [6, 6.07) is 6.80. The summed E-state index contributed by atoms with van der Waals surface area (Å²) in [6.45, 7) is 5.97. The molecule has 2 aromatic rings. The number of hydrogen-bond donors (Lipinski definition) is 1. The summed E-state index contributed by atoms with van der Waals surface area (Å²) >= 11 is 6.10. The van der Waals surface area contributed by atoms with Crippen molar-refractivity contribution < 1.29 is 9.90 Å². The quantitative estimate of drug-likeness (QED) is 0.849. The van der Waals surface area contributed by atoms with Crippen LogP contribution in [0.4, 0.5) is 0 Å². The molecule has 0 atom stereocenters. The predicted molar refractivity (Wildman–Crippen MR) is 72.4 cm³/mol. The first-order chi connectivity index (χ1) is 8.30. The number of carboxylic acid groups (broad SMARTS) is 1. The molecule has 18 heavy (non-hydrogen) atoms. The van der Waals surface area contributed by atoms with Crippen LogP contribution in [0.3, 0.4) is 0 Å². The standard InChI is InChI=1S/C14H14ClNO2/c1-14(2,3)11-7-9(13(17)18)8-5-4-6-10(15)12(8)16-11/h4-7H,1-3H3,(H,17,18). The van der Waals surface area contributed by atoms with Gasteiger partial charge in [0.25, 0.3) is 0 Å². The molecule has 0 fully saturated rings. The van der Waals surface area contributed by atoms with Crippen molar-refractivity contribution >= 4 is 28.5 Å². The summed E-state index contributed by atoms with van der Waals surface area (Å²) in [5.41, 5.74) is 1.29. The van der Waals surface area contributed by atoms with Crippen LogP contribution in [0.5, 0.6) is 0 Å². The van der Waals surface area contributed by atoms with E-state index in [1.807, 2.05) is 20.8 Å². The highest BCUT2D eigenvalue weighted by Gasteiger charge is 2.20. The van der Waals surface area contributed by atoms with Crippen LogP contribution in [-0.4, -0.2) is 16.1 Å². The Hall–Kier alpha value is -1.61. The third-order valence-electron chi connectivity index (χ3n) is 2.79. The maximum Gasteiger partial charge on any atom is 0.336 e. The number of halogens is 1. The minimum Gasteiger partial charge on any atom is -0.478 e. The molecule has 2 rings (SSSR count).